The standard InChI is InChI=1S/C24H30N2O5/c1-15(2)31-19-7-5-16(6-8-19)11-18(25-27)13-20-22-17(9-10-26(20)3)12-21-23(24(22)28-4)30-14-29-21/h5-8,12-13,15,20,25,27H,9-11,14H2,1-4H3/b18-13-/t20-/m1/s1. The summed E-state index contributed by atoms with van der Waals surface area (Å²) in [6.45, 7) is 5.09. The van der Waals surface area contributed by atoms with E-state index in [2.05, 4.69) is 17.4 Å². The van der Waals surface area contributed by atoms with Gasteiger partial charge < -0.3 is 18.9 Å². The van der Waals surface area contributed by atoms with E-state index in [1.54, 1.807) is 7.11 Å². The molecule has 0 fully saturated rings. The maximum absolute atomic E-state index is 9.87. The molecule has 166 valence electrons. The molecule has 2 aliphatic rings. The van der Waals surface area contributed by atoms with Gasteiger partial charge in [-0.15, -0.1) is 0 Å². The molecule has 4 rings (SSSR count). The largest absolute Gasteiger partial charge is 0.492 e. The Hall–Kier alpha value is -2.90. The zero-order chi connectivity index (χ0) is 22.0. The molecule has 2 aromatic carbocycles. The Bertz CT molecular complexity index is 955. The fraction of sp³-hybridized carbons (Fsp3) is 0.417. The molecule has 31 heavy (non-hydrogen) atoms. The minimum Gasteiger partial charge on any atom is -0.492 e. The van der Waals surface area contributed by atoms with Gasteiger partial charge in [0.2, 0.25) is 12.5 Å². The van der Waals surface area contributed by atoms with Crippen LogP contribution in [0.3, 0.4) is 0 Å². The maximum Gasteiger partial charge on any atom is 0.231 e. The van der Waals surface area contributed by atoms with E-state index in [1.165, 1.54) is 5.56 Å². The number of ether oxygens (including phenoxy) is 4. The molecule has 2 aliphatic heterocycles. The summed E-state index contributed by atoms with van der Waals surface area (Å²) in [5.74, 6) is 2.91. The summed E-state index contributed by atoms with van der Waals surface area (Å²) < 4.78 is 22.7. The quantitative estimate of drug-likeness (QED) is 0.652. The van der Waals surface area contributed by atoms with E-state index in [-0.39, 0.29) is 18.9 Å². The van der Waals surface area contributed by atoms with Crippen molar-refractivity contribution in [2.75, 3.05) is 27.5 Å². The molecule has 0 aliphatic carbocycles. The summed E-state index contributed by atoms with van der Waals surface area (Å²) in [4.78, 5) is 2.24. The molecule has 0 unspecified atom stereocenters. The highest BCUT2D eigenvalue weighted by atomic mass is 16.7. The second kappa shape index (κ2) is 9.08. The number of nitrogens with one attached hydrogen (secondary N) is 1. The Morgan fingerprint density at radius 3 is 2.74 bits per heavy atom. The minimum absolute atomic E-state index is 0.0774. The van der Waals surface area contributed by atoms with Crippen molar-refractivity contribution in [2.24, 2.45) is 0 Å². The van der Waals surface area contributed by atoms with Gasteiger partial charge in [-0.25, -0.2) is 0 Å². The molecule has 7 nitrogen and oxygen atoms in total. The summed E-state index contributed by atoms with van der Waals surface area (Å²) in [7, 11) is 3.72. The van der Waals surface area contributed by atoms with E-state index in [4.69, 9.17) is 18.9 Å². The van der Waals surface area contributed by atoms with Gasteiger partial charge in [-0.05, 0) is 62.7 Å². The predicted octanol–water partition coefficient (Wildman–Crippen LogP) is 3.85. The summed E-state index contributed by atoms with van der Waals surface area (Å²) in [5, 5.41) is 9.87. The van der Waals surface area contributed by atoms with Crippen LogP contribution in [0.15, 0.2) is 42.1 Å². The summed E-state index contributed by atoms with van der Waals surface area (Å²) in [6.07, 6.45) is 3.63. The van der Waals surface area contributed by atoms with E-state index in [1.807, 2.05) is 50.3 Å². The Kier molecular flexibility index (Phi) is 6.25. The lowest BCUT2D eigenvalue weighted by Crippen LogP contribution is -2.32. The third-order valence-corrected chi connectivity index (χ3v) is 5.64. The maximum atomic E-state index is 9.87. The predicted molar refractivity (Wildman–Crippen MR) is 117 cm³/mol. The fourth-order valence-electron chi connectivity index (χ4n) is 4.18. The Morgan fingerprint density at radius 2 is 2.06 bits per heavy atom. The van der Waals surface area contributed by atoms with Crippen molar-refractivity contribution in [2.45, 2.75) is 38.8 Å². The lowest BCUT2D eigenvalue weighted by molar-refractivity contribution is 0.170. The number of hydroxylamine groups is 1. The average molecular weight is 427 g/mol. The Labute approximate surface area is 183 Å². The monoisotopic (exact) mass is 426 g/mol. The van der Waals surface area contributed by atoms with Crippen molar-refractivity contribution in [3.05, 3.63) is 58.8 Å². The molecule has 2 N–H and O–H groups in total. The van der Waals surface area contributed by atoms with Crippen LogP contribution < -0.4 is 24.4 Å². The van der Waals surface area contributed by atoms with Crippen LogP contribution in [0.4, 0.5) is 0 Å². The molecule has 0 aromatic heterocycles. The molecular weight excluding hydrogens is 396 g/mol. The topological polar surface area (TPSA) is 72.4 Å². The first kappa shape index (κ1) is 21.3. The number of rotatable bonds is 7. The number of nitrogens with zero attached hydrogens (tertiary/aromatic N) is 1. The number of likely N-dealkylation sites (N-methyl/N-ethyl adjacent to an activating group) is 1. The number of hydrogen-bond acceptors (Lipinski definition) is 7. The van der Waals surface area contributed by atoms with Crippen LogP contribution in [-0.4, -0.2) is 43.7 Å². The van der Waals surface area contributed by atoms with Gasteiger partial charge in [0.15, 0.2) is 11.5 Å². The molecule has 1 atom stereocenters. The van der Waals surface area contributed by atoms with Gasteiger partial charge in [-0.2, -0.15) is 0 Å². The van der Waals surface area contributed by atoms with Crippen molar-refractivity contribution < 1.29 is 24.2 Å². The van der Waals surface area contributed by atoms with Crippen LogP contribution >= 0.6 is 0 Å². The van der Waals surface area contributed by atoms with Crippen molar-refractivity contribution in [1.82, 2.24) is 10.4 Å². The molecule has 0 radical (unpaired) electrons. The zero-order valence-corrected chi connectivity index (χ0v) is 18.5. The van der Waals surface area contributed by atoms with Crippen molar-refractivity contribution in [3.8, 4) is 23.0 Å². The minimum atomic E-state index is -0.0774. The SMILES string of the molecule is COc1c2c(cc3c1[C@@H](/C=C(/Cc1ccc(OC(C)C)cc1)NO)N(C)CC3)OCO2. The second-order valence-electron chi connectivity index (χ2n) is 8.18. The molecule has 0 spiro atoms. The van der Waals surface area contributed by atoms with Crippen LogP contribution in [0.25, 0.3) is 0 Å². The highest BCUT2D eigenvalue weighted by molar-refractivity contribution is 5.62. The lowest BCUT2D eigenvalue weighted by Gasteiger charge is -2.34. The molecule has 7 heteroatoms. The molecule has 0 saturated heterocycles. The highest BCUT2D eigenvalue weighted by Gasteiger charge is 2.33. The Balaban J connectivity index is 1.64. The number of methoxy groups -OCH3 is 1. The molecular formula is C24H30N2O5. The summed E-state index contributed by atoms with van der Waals surface area (Å²) in [6, 6.07) is 9.91. The number of allylic oxidation sites excluding steroid dienone is 1. The first-order valence-corrected chi connectivity index (χ1v) is 10.6. The molecule has 0 bridgehead atoms. The van der Waals surface area contributed by atoms with Crippen LogP contribution in [0.1, 0.15) is 36.6 Å². The Morgan fingerprint density at radius 1 is 1.29 bits per heavy atom. The summed E-state index contributed by atoms with van der Waals surface area (Å²) in [5.41, 5.74) is 6.40. The first-order valence-electron chi connectivity index (χ1n) is 10.6. The van der Waals surface area contributed by atoms with Gasteiger partial charge in [-0.3, -0.25) is 15.6 Å². The van der Waals surface area contributed by atoms with Crippen molar-refractivity contribution in [1.29, 1.82) is 0 Å². The van der Waals surface area contributed by atoms with Gasteiger partial charge in [0.25, 0.3) is 0 Å². The van der Waals surface area contributed by atoms with Crippen LogP contribution in [-0.2, 0) is 12.8 Å². The van der Waals surface area contributed by atoms with E-state index >= 15 is 0 Å². The molecule has 2 aromatic rings. The van der Waals surface area contributed by atoms with Gasteiger partial charge in [0.1, 0.15) is 5.75 Å². The van der Waals surface area contributed by atoms with Crippen LogP contribution in [0, 0.1) is 0 Å². The van der Waals surface area contributed by atoms with E-state index in [0.717, 1.165) is 35.6 Å². The highest BCUT2D eigenvalue weighted by Crippen LogP contribution is 2.49. The van der Waals surface area contributed by atoms with Crippen molar-refractivity contribution in [3.63, 3.8) is 0 Å². The van der Waals surface area contributed by atoms with Crippen LogP contribution in [0.2, 0.25) is 0 Å². The molecule has 0 saturated carbocycles. The van der Waals surface area contributed by atoms with Gasteiger partial charge in [-0.1, -0.05) is 12.1 Å². The van der Waals surface area contributed by atoms with E-state index in [0.29, 0.717) is 23.6 Å². The number of benzene rings is 2. The third-order valence-electron chi connectivity index (χ3n) is 5.64. The van der Waals surface area contributed by atoms with Gasteiger partial charge in [0.05, 0.1) is 19.3 Å². The summed E-state index contributed by atoms with van der Waals surface area (Å²) >= 11 is 0. The normalized spacial score (nSPS) is 18.1. The third kappa shape index (κ3) is 4.43. The van der Waals surface area contributed by atoms with Gasteiger partial charge in [0, 0.05) is 24.2 Å². The van der Waals surface area contributed by atoms with Crippen molar-refractivity contribution >= 4 is 0 Å². The first-order chi connectivity index (χ1) is 15.0. The number of hydrogen-bond donors (Lipinski definition) is 2. The smallest absolute Gasteiger partial charge is 0.231 e. The lowest BCUT2D eigenvalue weighted by atomic mass is 9.90. The fourth-order valence-corrected chi connectivity index (χ4v) is 4.18. The molecule has 2 heterocycles. The van der Waals surface area contributed by atoms with E-state index < -0.39 is 0 Å². The second-order valence-corrected chi connectivity index (χ2v) is 8.18. The average Bonchev–Trinajstić information content (AvgIpc) is 3.22. The van der Waals surface area contributed by atoms with E-state index in [9.17, 15) is 5.21 Å². The number of fused-ring (bicyclic) bond motifs is 2. The van der Waals surface area contributed by atoms with Gasteiger partial charge >= 0.3 is 0 Å². The zero-order valence-electron chi connectivity index (χ0n) is 18.5. The van der Waals surface area contributed by atoms with Crippen LogP contribution in [0.5, 0.6) is 23.0 Å². The molecule has 0 amide bonds.